The molecule has 170 valence electrons. The van der Waals surface area contributed by atoms with Crippen LogP contribution in [0.5, 0.6) is 0 Å². The van der Waals surface area contributed by atoms with Crippen molar-refractivity contribution in [1.29, 1.82) is 0 Å². The van der Waals surface area contributed by atoms with Crippen molar-refractivity contribution in [3.8, 4) is 0 Å². The molecule has 0 atom stereocenters. The van der Waals surface area contributed by atoms with Crippen LogP contribution < -0.4 is 10.9 Å². The Labute approximate surface area is 199 Å². The Morgan fingerprint density at radius 1 is 1.00 bits per heavy atom. The van der Waals surface area contributed by atoms with E-state index in [1.54, 1.807) is 54.0 Å². The van der Waals surface area contributed by atoms with Crippen molar-refractivity contribution in [2.24, 2.45) is 0 Å². The highest BCUT2D eigenvalue weighted by Gasteiger charge is 2.32. The molecule has 1 aliphatic rings. The minimum absolute atomic E-state index is 0.166. The van der Waals surface area contributed by atoms with Crippen LogP contribution in [0.15, 0.2) is 53.6 Å². The monoisotopic (exact) mass is 471 g/mol. The third-order valence-corrected chi connectivity index (χ3v) is 7.28. The van der Waals surface area contributed by atoms with E-state index < -0.39 is 5.91 Å². The average Bonchev–Trinajstić information content (AvgIpc) is 3.19. The van der Waals surface area contributed by atoms with E-state index in [0.717, 1.165) is 24.2 Å². The highest BCUT2D eigenvalue weighted by atomic mass is 32.1. The Morgan fingerprint density at radius 2 is 1.71 bits per heavy atom. The van der Waals surface area contributed by atoms with Gasteiger partial charge in [0.05, 0.1) is 27.8 Å². The van der Waals surface area contributed by atoms with Crippen molar-refractivity contribution >= 4 is 44.7 Å². The van der Waals surface area contributed by atoms with Gasteiger partial charge in [0.2, 0.25) is 0 Å². The number of ketones is 2. The average molecular weight is 472 g/mol. The summed E-state index contributed by atoms with van der Waals surface area (Å²) in [5.74, 6) is -1.02. The van der Waals surface area contributed by atoms with Crippen LogP contribution in [-0.2, 0) is 6.54 Å². The number of aryl methyl sites for hydroxylation is 2. The highest BCUT2D eigenvalue weighted by Crippen LogP contribution is 2.33. The normalized spacial score (nSPS) is 12.5. The quantitative estimate of drug-likeness (QED) is 0.404. The molecule has 0 fully saturated rings. The number of amides is 1. The predicted octanol–water partition coefficient (Wildman–Crippen LogP) is 4.59. The van der Waals surface area contributed by atoms with Crippen LogP contribution >= 0.6 is 11.3 Å². The predicted molar refractivity (Wildman–Crippen MR) is 131 cm³/mol. The Kier molecular flexibility index (Phi) is 5.45. The van der Waals surface area contributed by atoms with Gasteiger partial charge in [0.15, 0.2) is 11.6 Å². The van der Waals surface area contributed by atoms with Gasteiger partial charge in [-0.3, -0.25) is 23.7 Å². The molecule has 0 radical (unpaired) electrons. The molecular formula is C26H21N3O4S. The molecule has 1 N–H and O–H groups in total. The number of nitrogens with one attached hydrogen (secondary N) is 1. The molecule has 0 aliphatic heterocycles. The standard InChI is InChI=1S/C26H21N3O4S/c1-3-4-12-29-13-27-25-19(26(29)33)14(2)23(34-25)24(32)28-18-11-7-10-17-20(18)22(31)16-9-6-5-8-15(16)21(17)30/h5-11,13H,3-4,12H2,1-2H3,(H,28,32). The molecule has 2 heterocycles. The maximum atomic E-state index is 13.3. The molecule has 0 spiro atoms. The molecule has 2 aromatic carbocycles. The number of carbonyl (C=O) groups is 3. The van der Waals surface area contributed by atoms with E-state index in [1.165, 1.54) is 6.33 Å². The first-order chi connectivity index (χ1) is 16.4. The zero-order chi connectivity index (χ0) is 24.0. The van der Waals surface area contributed by atoms with Gasteiger partial charge in [0.1, 0.15) is 4.83 Å². The molecule has 0 unspecified atom stereocenters. The van der Waals surface area contributed by atoms with Crippen LogP contribution in [-0.4, -0.2) is 27.0 Å². The number of carbonyl (C=O) groups excluding carboxylic acids is 3. The van der Waals surface area contributed by atoms with E-state index in [4.69, 9.17) is 0 Å². The van der Waals surface area contributed by atoms with Crippen LogP contribution in [0.25, 0.3) is 10.2 Å². The molecule has 34 heavy (non-hydrogen) atoms. The first-order valence-corrected chi connectivity index (χ1v) is 11.8. The molecule has 7 nitrogen and oxygen atoms in total. The first kappa shape index (κ1) is 21.9. The van der Waals surface area contributed by atoms with Gasteiger partial charge in [-0.05, 0) is 25.0 Å². The number of aromatic nitrogens is 2. The second-order valence-corrected chi connectivity index (χ2v) is 9.22. The lowest BCUT2D eigenvalue weighted by molar-refractivity contribution is 0.0978. The molecular weight excluding hydrogens is 450 g/mol. The first-order valence-electron chi connectivity index (χ1n) is 11.0. The summed E-state index contributed by atoms with van der Waals surface area (Å²) in [7, 11) is 0. The minimum atomic E-state index is -0.451. The number of thiophene rings is 1. The Morgan fingerprint density at radius 3 is 2.44 bits per heavy atom. The number of rotatable bonds is 5. The summed E-state index contributed by atoms with van der Waals surface area (Å²) in [5, 5.41) is 3.23. The van der Waals surface area contributed by atoms with Crippen molar-refractivity contribution in [2.45, 2.75) is 33.2 Å². The summed E-state index contributed by atoms with van der Waals surface area (Å²) in [6.45, 7) is 4.35. The van der Waals surface area contributed by atoms with Gasteiger partial charge >= 0.3 is 0 Å². The fourth-order valence-corrected chi connectivity index (χ4v) is 5.33. The van der Waals surface area contributed by atoms with Gasteiger partial charge in [0.25, 0.3) is 11.5 Å². The Hall–Kier alpha value is -3.91. The molecule has 0 saturated heterocycles. The summed E-state index contributed by atoms with van der Waals surface area (Å²) in [4.78, 5) is 57.6. The number of benzene rings is 2. The van der Waals surface area contributed by atoms with Gasteiger partial charge in [-0.1, -0.05) is 49.7 Å². The van der Waals surface area contributed by atoms with Crippen molar-refractivity contribution in [3.63, 3.8) is 0 Å². The van der Waals surface area contributed by atoms with Crippen molar-refractivity contribution in [2.75, 3.05) is 5.32 Å². The summed E-state index contributed by atoms with van der Waals surface area (Å²) >= 11 is 1.14. The van der Waals surface area contributed by atoms with Crippen LogP contribution in [0.4, 0.5) is 5.69 Å². The Balaban J connectivity index is 1.54. The van der Waals surface area contributed by atoms with E-state index in [-0.39, 0.29) is 33.9 Å². The SMILES string of the molecule is CCCCn1cnc2sc(C(=O)Nc3cccc4c3C(=O)c3ccccc3C4=O)c(C)c2c1=O. The number of anilines is 1. The number of nitrogens with zero attached hydrogens (tertiary/aromatic N) is 2. The summed E-state index contributed by atoms with van der Waals surface area (Å²) in [5.41, 5.74) is 1.76. The van der Waals surface area contributed by atoms with Gasteiger partial charge in [0, 0.05) is 23.2 Å². The van der Waals surface area contributed by atoms with Gasteiger partial charge in [-0.15, -0.1) is 11.3 Å². The van der Waals surface area contributed by atoms with E-state index in [1.807, 2.05) is 0 Å². The molecule has 2 aromatic heterocycles. The van der Waals surface area contributed by atoms with Crippen LogP contribution in [0.3, 0.4) is 0 Å². The molecule has 1 amide bonds. The van der Waals surface area contributed by atoms with Gasteiger partial charge in [-0.2, -0.15) is 0 Å². The maximum absolute atomic E-state index is 13.3. The van der Waals surface area contributed by atoms with E-state index >= 15 is 0 Å². The zero-order valence-corrected chi connectivity index (χ0v) is 19.5. The number of fused-ring (bicyclic) bond motifs is 3. The van der Waals surface area contributed by atoms with E-state index in [9.17, 15) is 19.2 Å². The lowest BCUT2D eigenvalue weighted by Gasteiger charge is -2.20. The van der Waals surface area contributed by atoms with Gasteiger partial charge < -0.3 is 5.32 Å². The third kappa shape index (κ3) is 3.38. The number of unbranched alkanes of at least 4 members (excludes halogenated alkanes) is 1. The molecule has 5 rings (SSSR count). The third-order valence-electron chi connectivity index (χ3n) is 6.08. The molecule has 0 bridgehead atoms. The van der Waals surface area contributed by atoms with Gasteiger partial charge in [-0.25, -0.2) is 4.98 Å². The molecule has 0 saturated carbocycles. The topological polar surface area (TPSA) is 98.1 Å². The fourth-order valence-electron chi connectivity index (χ4n) is 4.29. The highest BCUT2D eigenvalue weighted by molar-refractivity contribution is 7.20. The lowest BCUT2D eigenvalue weighted by atomic mass is 9.83. The van der Waals surface area contributed by atoms with Crippen LogP contribution in [0.2, 0.25) is 0 Å². The largest absolute Gasteiger partial charge is 0.321 e. The smallest absolute Gasteiger partial charge is 0.266 e. The summed E-state index contributed by atoms with van der Waals surface area (Å²) < 4.78 is 1.57. The Bertz CT molecular complexity index is 1560. The second-order valence-electron chi connectivity index (χ2n) is 8.22. The van der Waals surface area contributed by atoms with Crippen molar-refractivity contribution in [3.05, 3.63) is 91.8 Å². The van der Waals surface area contributed by atoms with E-state index in [0.29, 0.717) is 38.3 Å². The zero-order valence-electron chi connectivity index (χ0n) is 18.7. The van der Waals surface area contributed by atoms with Crippen molar-refractivity contribution < 1.29 is 14.4 Å². The number of hydrogen-bond acceptors (Lipinski definition) is 6. The van der Waals surface area contributed by atoms with Crippen molar-refractivity contribution in [1.82, 2.24) is 9.55 Å². The van der Waals surface area contributed by atoms with Crippen LogP contribution in [0, 0.1) is 6.92 Å². The minimum Gasteiger partial charge on any atom is -0.321 e. The summed E-state index contributed by atoms with van der Waals surface area (Å²) in [6.07, 6.45) is 3.33. The maximum Gasteiger partial charge on any atom is 0.266 e. The fraction of sp³-hybridized carbons (Fsp3) is 0.192. The van der Waals surface area contributed by atoms with Crippen LogP contribution in [0.1, 0.15) is 66.8 Å². The molecule has 8 heteroatoms. The lowest BCUT2D eigenvalue weighted by Crippen LogP contribution is -2.24. The number of hydrogen-bond donors (Lipinski definition) is 1. The summed E-state index contributed by atoms with van der Waals surface area (Å²) in [6, 6.07) is 11.5. The molecule has 1 aliphatic carbocycles. The van der Waals surface area contributed by atoms with E-state index in [2.05, 4.69) is 17.2 Å². The second kappa shape index (κ2) is 8.46. The molecule has 4 aromatic rings.